The molecule has 20 heavy (non-hydrogen) atoms. The molecular formula is C13H11N3O4. The van der Waals surface area contributed by atoms with Crippen molar-refractivity contribution in [1.29, 1.82) is 0 Å². The molecule has 1 atom stereocenters. The number of benzene rings is 1. The number of aromatic nitrogens is 2. The van der Waals surface area contributed by atoms with E-state index in [-0.39, 0.29) is 5.92 Å². The number of carboxylic acid groups (broad SMARTS) is 1. The molecule has 1 heterocycles. The van der Waals surface area contributed by atoms with Gasteiger partial charge in [-0.2, -0.15) is 5.10 Å². The molecule has 0 saturated heterocycles. The van der Waals surface area contributed by atoms with Gasteiger partial charge >= 0.3 is 11.7 Å². The van der Waals surface area contributed by atoms with Crippen LogP contribution in [0.3, 0.4) is 0 Å². The summed E-state index contributed by atoms with van der Waals surface area (Å²) in [5.74, 6) is -1.16. The van der Waals surface area contributed by atoms with E-state index in [1.54, 1.807) is 0 Å². The average Bonchev–Trinajstić information content (AvgIpc) is 2.80. The predicted octanol–water partition coefficient (Wildman–Crippen LogP) is 1.83. The van der Waals surface area contributed by atoms with E-state index in [1.165, 1.54) is 22.0 Å². The minimum Gasteiger partial charge on any atom is -0.476 e. The zero-order valence-electron chi connectivity index (χ0n) is 10.4. The minimum absolute atomic E-state index is 0.229. The lowest BCUT2D eigenvalue weighted by molar-refractivity contribution is -0.385. The fourth-order valence-corrected chi connectivity index (χ4v) is 2.54. The Kier molecular flexibility index (Phi) is 2.74. The van der Waals surface area contributed by atoms with Gasteiger partial charge in [-0.25, -0.2) is 4.79 Å². The molecule has 0 fully saturated rings. The molecule has 1 aromatic heterocycles. The largest absolute Gasteiger partial charge is 0.476 e. The number of carbonyl (C=O) groups is 1. The molecule has 1 N–H and O–H groups in total. The molecule has 1 unspecified atom stereocenters. The van der Waals surface area contributed by atoms with Gasteiger partial charge in [0, 0.05) is 12.5 Å². The highest BCUT2D eigenvalue weighted by Gasteiger charge is 2.29. The van der Waals surface area contributed by atoms with Gasteiger partial charge in [0.05, 0.1) is 4.92 Å². The molecule has 102 valence electrons. The fraction of sp³-hybridized carbons (Fsp3) is 0.231. The van der Waals surface area contributed by atoms with Crippen molar-refractivity contribution in [3.63, 3.8) is 0 Å². The quantitative estimate of drug-likeness (QED) is 0.676. The Morgan fingerprint density at radius 3 is 2.85 bits per heavy atom. The number of hydrogen-bond acceptors (Lipinski definition) is 4. The van der Waals surface area contributed by atoms with Crippen LogP contribution < -0.4 is 0 Å². The molecule has 1 aliphatic carbocycles. The first kappa shape index (κ1) is 12.3. The van der Waals surface area contributed by atoms with Crippen LogP contribution in [0.4, 0.5) is 5.69 Å². The number of fused-ring (bicyclic) bond motifs is 1. The summed E-state index contributed by atoms with van der Waals surface area (Å²) in [6.07, 6.45) is 2.07. The monoisotopic (exact) mass is 273 g/mol. The van der Waals surface area contributed by atoms with E-state index in [0.29, 0.717) is 6.54 Å². The van der Waals surface area contributed by atoms with Crippen LogP contribution in [0.1, 0.15) is 27.5 Å². The van der Waals surface area contributed by atoms with Crippen molar-refractivity contribution < 1.29 is 14.8 Å². The maximum atomic E-state index is 10.9. The summed E-state index contributed by atoms with van der Waals surface area (Å²) in [5.41, 5.74) is 1.48. The van der Waals surface area contributed by atoms with Crippen LogP contribution in [0.5, 0.6) is 0 Å². The Hall–Kier alpha value is -2.70. The molecule has 0 amide bonds. The maximum Gasteiger partial charge on any atom is 0.363 e. The second kappa shape index (κ2) is 4.44. The van der Waals surface area contributed by atoms with Gasteiger partial charge in [-0.05, 0) is 17.5 Å². The second-order valence-corrected chi connectivity index (χ2v) is 4.75. The molecule has 7 heteroatoms. The van der Waals surface area contributed by atoms with E-state index in [1.807, 2.05) is 24.3 Å². The number of nitro groups is 1. The first-order chi connectivity index (χ1) is 9.56. The van der Waals surface area contributed by atoms with Crippen molar-refractivity contribution >= 4 is 11.7 Å². The second-order valence-electron chi connectivity index (χ2n) is 4.75. The van der Waals surface area contributed by atoms with Gasteiger partial charge in [0.15, 0.2) is 0 Å². The molecule has 0 radical (unpaired) electrons. The van der Waals surface area contributed by atoms with Crippen molar-refractivity contribution in [2.45, 2.75) is 18.9 Å². The normalized spacial score (nSPS) is 16.3. The summed E-state index contributed by atoms with van der Waals surface area (Å²) in [5, 5.41) is 23.5. The summed E-state index contributed by atoms with van der Waals surface area (Å²) in [6.45, 7) is 0.450. The van der Waals surface area contributed by atoms with Crippen LogP contribution in [0.25, 0.3) is 0 Å². The Bertz CT molecular complexity index is 676. The van der Waals surface area contributed by atoms with E-state index in [0.717, 1.165) is 6.42 Å². The Labute approximate surface area is 113 Å². The van der Waals surface area contributed by atoms with Crippen LogP contribution in [0.2, 0.25) is 0 Å². The average molecular weight is 273 g/mol. The van der Waals surface area contributed by atoms with E-state index in [2.05, 4.69) is 5.10 Å². The molecule has 1 aliphatic rings. The van der Waals surface area contributed by atoms with E-state index >= 15 is 0 Å². The number of nitrogens with zero attached hydrogens (tertiary/aromatic N) is 3. The van der Waals surface area contributed by atoms with Crippen molar-refractivity contribution in [3.8, 4) is 0 Å². The first-order valence-electron chi connectivity index (χ1n) is 6.09. The van der Waals surface area contributed by atoms with Crippen molar-refractivity contribution in [2.24, 2.45) is 0 Å². The van der Waals surface area contributed by atoms with Crippen LogP contribution in [0, 0.1) is 10.1 Å². The fourth-order valence-electron chi connectivity index (χ4n) is 2.54. The number of carboxylic acids is 1. The third-order valence-corrected chi connectivity index (χ3v) is 3.51. The highest BCUT2D eigenvalue weighted by molar-refractivity contribution is 5.89. The van der Waals surface area contributed by atoms with Crippen LogP contribution in [-0.2, 0) is 13.0 Å². The summed E-state index contributed by atoms with van der Waals surface area (Å²) >= 11 is 0. The Morgan fingerprint density at radius 1 is 1.50 bits per heavy atom. The SMILES string of the molecule is O=C(O)c1nn(CC2Cc3ccccc32)cc1[N+](=O)[O-]. The third kappa shape index (κ3) is 1.93. The molecule has 0 bridgehead atoms. The molecule has 2 aromatic rings. The summed E-state index contributed by atoms with van der Waals surface area (Å²) < 4.78 is 1.35. The van der Waals surface area contributed by atoms with Crippen LogP contribution in [-0.4, -0.2) is 25.8 Å². The van der Waals surface area contributed by atoms with Gasteiger partial charge in [-0.15, -0.1) is 0 Å². The maximum absolute atomic E-state index is 10.9. The smallest absolute Gasteiger partial charge is 0.363 e. The van der Waals surface area contributed by atoms with Gasteiger partial charge < -0.3 is 5.11 Å². The van der Waals surface area contributed by atoms with Crippen molar-refractivity contribution in [2.75, 3.05) is 0 Å². The Morgan fingerprint density at radius 2 is 2.25 bits per heavy atom. The zero-order chi connectivity index (χ0) is 14.3. The van der Waals surface area contributed by atoms with Crippen LogP contribution >= 0.6 is 0 Å². The predicted molar refractivity (Wildman–Crippen MR) is 68.7 cm³/mol. The number of rotatable bonds is 4. The van der Waals surface area contributed by atoms with Crippen molar-refractivity contribution in [1.82, 2.24) is 9.78 Å². The van der Waals surface area contributed by atoms with Gasteiger partial charge in [0.25, 0.3) is 0 Å². The molecule has 7 nitrogen and oxygen atoms in total. The third-order valence-electron chi connectivity index (χ3n) is 3.51. The summed E-state index contributed by atoms with van der Waals surface area (Å²) in [4.78, 5) is 21.0. The van der Waals surface area contributed by atoms with E-state index in [9.17, 15) is 14.9 Å². The highest BCUT2D eigenvalue weighted by atomic mass is 16.6. The lowest BCUT2D eigenvalue weighted by Crippen LogP contribution is -2.22. The zero-order valence-corrected chi connectivity index (χ0v) is 10.4. The van der Waals surface area contributed by atoms with Gasteiger partial charge in [0.2, 0.25) is 5.69 Å². The van der Waals surface area contributed by atoms with E-state index in [4.69, 9.17) is 5.11 Å². The van der Waals surface area contributed by atoms with Crippen LogP contribution in [0.15, 0.2) is 30.5 Å². The molecule has 0 saturated carbocycles. The topological polar surface area (TPSA) is 98.3 Å². The molecule has 3 rings (SSSR count). The lowest BCUT2D eigenvalue weighted by Gasteiger charge is -2.29. The molecule has 1 aromatic carbocycles. The Balaban J connectivity index is 1.85. The lowest BCUT2D eigenvalue weighted by atomic mass is 9.78. The number of aromatic carboxylic acids is 1. The first-order valence-corrected chi connectivity index (χ1v) is 6.09. The summed E-state index contributed by atoms with van der Waals surface area (Å²) in [7, 11) is 0. The molecule has 0 spiro atoms. The van der Waals surface area contributed by atoms with Gasteiger partial charge in [-0.1, -0.05) is 24.3 Å². The number of hydrogen-bond donors (Lipinski definition) is 1. The molecule has 0 aliphatic heterocycles. The van der Waals surface area contributed by atoms with Gasteiger partial charge in [-0.3, -0.25) is 14.8 Å². The van der Waals surface area contributed by atoms with E-state index < -0.39 is 22.3 Å². The van der Waals surface area contributed by atoms with Gasteiger partial charge in [0.1, 0.15) is 6.20 Å². The summed E-state index contributed by atoms with van der Waals surface area (Å²) in [6, 6.07) is 7.97. The van der Waals surface area contributed by atoms with Crippen molar-refractivity contribution in [3.05, 3.63) is 57.4 Å². The highest BCUT2D eigenvalue weighted by Crippen LogP contribution is 2.36. The standard InChI is InChI=1S/C13H11N3O4/c17-13(18)12-11(16(19)20)7-15(14-12)6-9-5-8-3-1-2-4-10(8)9/h1-4,7,9H,5-6H2,(H,17,18). The molecular weight excluding hydrogens is 262 g/mol. The minimum atomic E-state index is -1.38.